The van der Waals surface area contributed by atoms with Gasteiger partial charge in [0.1, 0.15) is 5.75 Å². The molecule has 0 spiro atoms. The van der Waals surface area contributed by atoms with Gasteiger partial charge in [-0.1, -0.05) is 25.4 Å². The van der Waals surface area contributed by atoms with Crippen LogP contribution in [0.5, 0.6) is 5.75 Å². The summed E-state index contributed by atoms with van der Waals surface area (Å²) < 4.78 is 31.6. The van der Waals surface area contributed by atoms with Gasteiger partial charge in [0.05, 0.1) is 18.6 Å². The van der Waals surface area contributed by atoms with E-state index in [0.29, 0.717) is 35.5 Å². The Hall–Kier alpha value is -0.980. The highest BCUT2D eigenvalue weighted by molar-refractivity contribution is 7.92. The molecule has 0 aromatic heterocycles. The molecule has 0 aliphatic rings. The number of hydrogen-bond acceptors (Lipinski definition) is 4. The van der Waals surface area contributed by atoms with Gasteiger partial charge < -0.3 is 10.1 Å². The van der Waals surface area contributed by atoms with Gasteiger partial charge in [0.2, 0.25) is 10.0 Å². The minimum absolute atomic E-state index is 0.0440. The highest BCUT2D eigenvalue weighted by atomic mass is 35.5. The minimum Gasteiger partial charge on any atom is -0.495 e. The number of ether oxygens (including phenoxy) is 1. The molecule has 5 nitrogen and oxygen atoms in total. The van der Waals surface area contributed by atoms with E-state index in [2.05, 4.69) is 10.0 Å². The van der Waals surface area contributed by atoms with Crippen molar-refractivity contribution in [3.05, 3.63) is 23.2 Å². The number of benzene rings is 1. The zero-order valence-corrected chi connectivity index (χ0v) is 13.5. The maximum absolute atomic E-state index is 12.0. The van der Waals surface area contributed by atoms with Crippen molar-refractivity contribution >= 4 is 27.3 Å². The van der Waals surface area contributed by atoms with Gasteiger partial charge in [-0.2, -0.15) is 0 Å². The molecular weight excluding hydrogens is 300 g/mol. The van der Waals surface area contributed by atoms with E-state index >= 15 is 0 Å². The summed E-state index contributed by atoms with van der Waals surface area (Å²) in [5.41, 5.74) is 0.358. The third-order valence-corrected chi connectivity index (χ3v) is 4.16. The molecule has 0 saturated carbocycles. The van der Waals surface area contributed by atoms with Gasteiger partial charge in [-0.3, -0.25) is 4.72 Å². The lowest BCUT2D eigenvalue weighted by Crippen LogP contribution is -2.26. The lowest BCUT2D eigenvalue weighted by Gasteiger charge is -2.12. The maximum atomic E-state index is 12.0. The monoisotopic (exact) mass is 320 g/mol. The predicted octanol–water partition coefficient (Wildman–Crippen LogP) is 2.48. The first-order valence-corrected chi connectivity index (χ1v) is 8.44. The van der Waals surface area contributed by atoms with E-state index in [-0.39, 0.29) is 5.75 Å². The zero-order chi connectivity index (χ0) is 15.2. The fraction of sp³-hybridized carbons (Fsp3) is 0.538. The molecule has 0 bridgehead atoms. The van der Waals surface area contributed by atoms with E-state index in [4.69, 9.17) is 16.3 Å². The lowest BCUT2D eigenvalue weighted by atomic mass is 10.3. The molecular formula is C13H21ClN2O3S. The normalized spacial score (nSPS) is 11.7. The number of rotatable bonds is 8. The number of methoxy groups -OCH3 is 1. The Balaban J connectivity index is 2.64. The summed E-state index contributed by atoms with van der Waals surface area (Å²) >= 11 is 5.86. The van der Waals surface area contributed by atoms with Crippen LogP contribution in [0, 0.1) is 0 Å². The third-order valence-electron chi connectivity index (χ3n) is 2.57. The van der Waals surface area contributed by atoms with Gasteiger partial charge >= 0.3 is 0 Å². The van der Waals surface area contributed by atoms with Gasteiger partial charge in [-0.25, -0.2) is 8.42 Å². The summed E-state index contributed by atoms with van der Waals surface area (Å²) in [4.78, 5) is 0. The van der Waals surface area contributed by atoms with Gasteiger partial charge in [0.15, 0.2) is 0 Å². The van der Waals surface area contributed by atoms with Crippen LogP contribution in [0.3, 0.4) is 0 Å². The lowest BCUT2D eigenvalue weighted by molar-refractivity contribution is 0.417. The van der Waals surface area contributed by atoms with Crippen LogP contribution in [0.1, 0.15) is 20.3 Å². The second-order valence-electron chi connectivity index (χ2n) is 4.73. The van der Waals surface area contributed by atoms with Crippen molar-refractivity contribution in [2.45, 2.75) is 26.3 Å². The molecule has 2 N–H and O–H groups in total. The average molecular weight is 321 g/mol. The van der Waals surface area contributed by atoms with Gasteiger partial charge in [-0.05, 0) is 31.2 Å². The third kappa shape index (κ3) is 5.98. The summed E-state index contributed by atoms with van der Waals surface area (Å²) in [6.45, 7) is 4.69. The molecule has 1 aromatic rings. The van der Waals surface area contributed by atoms with Crippen molar-refractivity contribution in [3.8, 4) is 5.75 Å². The first-order chi connectivity index (χ1) is 9.34. The summed E-state index contributed by atoms with van der Waals surface area (Å²) in [5.74, 6) is 0.487. The van der Waals surface area contributed by atoms with Crippen molar-refractivity contribution in [2.75, 3.05) is 24.1 Å². The molecule has 0 aliphatic heterocycles. The van der Waals surface area contributed by atoms with E-state index in [1.54, 1.807) is 12.1 Å². The standard InChI is InChI=1S/C13H21ClN2O3S/c1-10(2)15-7-4-8-20(17,18)16-12-9-11(14)5-6-13(12)19-3/h5-6,9-10,15-16H,4,7-8H2,1-3H3. The highest BCUT2D eigenvalue weighted by Crippen LogP contribution is 2.28. The van der Waals surface area contributed by atoms with Crippen LogP contribution in [0.25, 0.3) is 0 Å². The Morgan fingerprint density at radius 3 is 2.65 bits per heavy atom. The molecule has 1 rings (SSSR count). The fourth-order valence-electron chi connectivity index (χ4n) is 1.63. The van der Waals surface area contributed by atoms with E-state index in [9.17, 15) is 8.42 Å². The molecule has 114 valence electrons. The van der Waals surface area contributed by atoms with E-state index in [0.717, 1.165) is 0 Å². The smallest absolute Gasteiger partial charge is 0.232 e. The number of halogens is 1. The first-order valence-electron chi connectivity index (χ1n) is 6.41. The number of hydrogen-bond donors (Lipinski definition) is 2. The van der Waals surface area contributed by atoms with Crippen LogP contribution < -0.4 is 14.8 Å². The Morgan fingerprint density at radius 2 is 2.05 bits per heavy atom. The summed E-state index contributed by atoms with van der Waals surface area (Å²) in [7, 11) is -1.93. The largest absolute Gasteiger partial charge is 0.495 e. The number of nitrogens with one attached hydrogen (secondary N) is 2. The molecule has 20 heavy (non-hydrogen) atoms. The summed E-state index contributed by atoms with van der Waals surface area (Å²) in [5, 5.41) is 3.62. The SMILES string of the molecule is COc1ccc(Cl)cc1NS(=O)(=O)CCCNC(C)C. The number of sulfonamides is 1. The molecule has 1 aromatic carbocycles. The summed E-state index contributed by atoms with van der Waals surface area (Å²) in [6, 6.07) is 5.15. The molecule has 0 amide bonds. The van der Waals surface area contributed by atoms with Crippen molar-refractivity contribution < 1.29 is 13.2 Å². The summed E-state index contributed by atoms with van der Waals surface area (Å²) in [6.07, 6.45) is 0.538. The highest BCUT2D eigenvalue weighted by Gasteiger charge is 2.13. The van der Waals surface area contributed by atoms with Gasteiger partial charge in [0.25, 0.3) is 0 Å². The van der Waals surface area contributed by atoms with Crippen LogP contribution in [0.4, 0.5) is 5.69 Å². The predicted molar refractivity (Wildman–Crippen MR) is 83.2 cm³/mol. The van der Waals surface area contributed by atoms with Crippen LogP contribution in [0.15, 0.2) is 18.2 Å². The Kier molecular flexibility index (Phi) is 6.58. The molecule has 0 aliphatic carbocycles. The van der Waals surface area contributed by atoms with E-state index in [1.165, 1.54) is 13.2 Å². The number of anilines is 1. The zero-order valence-electron chi connectivity index (χ0n) is 11.9. The van der Waals surface area contributed by atoms with E-state index < -0.39 is 10.0 Å². The molecule has 0 unspecified atom stereocenters. The van der Waals surface area contributed by atoms with Crippen molar-refractivity contribution in [1.29, 1.82) is 0 Å². The second-order valence-corrected chi connectivity index (χ2v) is 7.01. The second kappa shape index (κ2) is 7.71. The molecule has 0 fully saturated rings. The van der Waals surface area contributed by atoms with E-state index in [1.807, 2.05) is 13.8 Å². The Labute approximate surface area is 125 Å². The van der Waals surface area contributed by atoms with Crippen LogP contribution in [0.2, 0.25) is 5.02 Å². The Bertz CT molecular complexity index is 532. The minimum atomic E-state index is -3.41. The van der Waals surface area contributed by atoms with Crippen LogP contribution >= 0.6 is 11.6 Å². The molecule has 0 atom stereocenters. The topological polar surface area (TPSA) is 67.4 Å². The molecule has 7 heteroatoms. The molecule has 0 saturated heterocycles. The van der Waals surface area contributed by atoms with Crippen LogP contribution in [-0.2, 0) is 10.0 Å². The Morgan fingerprint density at radius 1 is 1.35 bits per heavy atom. The maximum Gasteiger partial charge on any atom is 0.232 e. The van der Waals surface area contributed by atoms with Gasteiger partial charge in [-0.15, -0.1) is 0 Å². The molecule has 0 radical (unpaired) electrons. The van der Waals surface area contributed by atoms with Crippen LogP contribution in [-0.4, -0.2) is 33.9 Å². The van der Waals surface area contributed by atoms with Crippen molar-refractivity contribution in [1.82, 2.24) is 5.32 Å². The first kappa shape index (κ1) is 17.1. The van der Waals surface area contributed by atoms with Crippen molar-refractivity contribution in [2.24, 2.45) is 0 Å². The van der Waals surface area contributed by atoms with Crippen molar-refractivity contribution in [3.63, 3.8) is 0 Å². The quantitative estimate of drug-likeness (QED) is 0.722. The average Bonchev–Trinajstić information content (AvgIpc) is 2.34. The molecule has 0 heterocycles. The van der Waals surface area contributed by atoms with Gasteiger partial charge in [0, 0.05) is 11.1 Å². The fourth-order valence-corrected chi connectivity index (χ4v) is 2.92.